The van der Waals surface area contributed by atoms with E-state index in [9.17, 15) is 0 Å². The number of benzene rings is 1. The van der Waals surface area contributed by atoms with Gasteiger partial charge in [0.2, 0.25) is 0 Å². The highest BCUT2D eigenvalue weighted by atomic mass is 16.5. The Morgan fingerprint density at radius 1 is 1.16 bits per heavy atom. The number of nitrogens with zero attached hydrogens (tertiary/aromatic N) is 1. The average molecular weight is 348 g/mol. The van der Waals surface area contributed by atoms with Crippen molar-refractivity contribution >= 4 is 5.96 Å². The molecule has 2 rings (SSSR count). The molecule has 0 bridgehead atoms. The van der Waals surface area contributed by atoms with Gasteiger partial charge in [-0.1, -0.05) is 18.6 Å². The highest BCUT2D eigenvalue weighted by Gasteiger charge is 2.36. The molecule has 0 amide bonds. The third kappa shape index (κ3) is 6.24. The van der Waals surface area contributed by atoms with Gasteiger partial charge in [-0.15, -0.1) is 0 Å². The first-order valence-electron chi connectivity index (χ1n) is 9.28. The lowest BCUT2D eigenvalue weighted by molar-refractivity contribution is 0.0732. The zero-order valence-electron chi connectivity index (χ0n) is 15.9. The molecule has 1 fully saturated rings. The average Bonchev–Trinajstić information content (AvgIpc) is 2.62. The van der Waals surface area contributed by atoms with Gasteiger partial charge in [-0.05, 0) is 55.2 Å². The standard InChI is InChI=1S/C20H33N3O2/c1-21-19(23-16-20(11-5-12-20)13-15-24-2)22-14-4-6-17-7-9-18(25-3)10-8-17/h7-10H,4-6,11-16H2,1-3H3,(H2,21,22,23). The fraction of sp³-hybridized carbons (Fsp3) is 0.650. The minimum atomic E-state index is 0.400. The number of guanidine groups is 1. The fourth-order valence-corrected chi connectivity index (χ4v) is 3.29. The predicted octanol–water partition coefficient (Wildman–Crippen LogP) is 3.00. The Hall–Kier alpha value is -1.75. The van der Waals surface area contributed by atoms with E-state index in [4.69, 9.17) is 9.47 Å². The number of nitrogens with one attached hydrogen (secondary N) is 2. The minimum absolute atomic E-state index is 0.400. The van der Waals surface area contributed by atoms with Crippen LogP contribution in [0.5, 0.6) is 5.75 Å². The van der Waals surface area contributed by atoms with Crippen molar-refractivity contribution in [1.82, 2.24) is 10.6 Å². The molecule has 0 saturated heterocycles. The monoisotopic (exact) mass is 347 g/mol. The second-order valence-electron chi connectivity index (χ2n) is 6.90. The van der Waals surface area contributed by atoms with Crippen LogP contribution in [0.2, 0.25) is 0 Å². The first kappa shape index (κ1) is 19.6. The van der Waals surface area contributed by atoms with Crippen LogP contribution in [0.1, 0.15) is 37.7 Å². The topological polar surface area (TPSA) is 54.9 Å². The van der Waals surface area contributed by atoms with E-state index < -0.39 is 0 Å². The molecule has 1 aromatic rings. The van der Waals surface area contributed by atoms with Crippen molar-refractivity contribution in [3.8, 4) is 5.75 Å². The molecule has 1 aliphatic rings. The van der Waals surface area contributed by atoms with Crippen LogP contribution in [0.3, 0.4) is 0 Å². The Morgan fingerprint density at radius 2 is 1.92 bits per heavy atom. The van der Waals surface area contributed by atoms with E-state index in [1.54, 1.807) is 14.2 Å². The van der Waals surface area contributed by atoms with Gasteiger partial charge in [0.05, 0.1) is 7.11 Å². The summed E-state index contributed by atoms with van der Waals surface area (Å²) in [6.45, 7) is 2.74. The van der Waals surface area contributed by atoms with E-state index >= 15 is 0 Å². The Balaban J connectivity index is 1.66. The van der Waals surface area contributed by atoms with Crippen molar-refractivity contribution in [2.24, 2.45) is 10.4 Å². The van der Waals surface area contributed by atoms with Gasteiger partial charge in [0.15, 0.2) is 5.96 Å². The van der Waals surface area contributed by atoms with Crippen molar-refractivity contribution in [3.63, 3.8) is 0 Å². The molecule has 2 N–H and O–H groups in total. The van der Waals surface area contributed by atoms with E-state index in [0.29, 0.717) is 5.41 Å². The molecule has 0 unspecified atom stereocenters. The summed E-state index contributed by atoms with van der Waals surface area (Å²) in [6, 6.07) is 8.28. The Bertz CT molecular complexity index is 524. The van der Waals surface area contributed by atoms with Crippen molar-refractivity contribution in [2.75, 3.05) is 41.0 Å². The molecule has 0 heterocycles. The summed E-state index contributed by atoms with van der Waals surface area (Å²) in [7, 11) is 5.31. The third-order valence-corrected chi connectivity index (χ3v) is 5.20. The number of aryl methyl sites for hydroxylation is 1. The maximum absolute atomic E-state index is 5.26. The van der Waals surface area contributed by atoms with Crippen molar-refractivity contribution in [1.29, 1.82) is 0 Å². The number of hydrogen-bond acceptors (Lipinski definition) is 3. The molecule has 140 valence electrons. The molecule has 1 saturated carbocycles. The minimum Gasteiger partial charge on any atom is -0.497 e. The summed E-state index contributed by atoms with van der Waals surface area (Å²) in [6.07, 6.45) is 7.16. The van der Waals surface area contributed by atoms with Crippen LogP contribution >= 0.6 is 0 Å². The molecule has 5 heteroatoms. The molecule has 25 heavy (non-hydrogen) atoms. The molecule has 0 spiro atoms. The Labute approximate surface area is 152 Å². The summed E-state index contributed by atoms with van der Waals surface area (Å²) in [5, 5.41) is 6.92. The molecule has 5 nitrogen and oxygen atoms in total. The predicted molar refractivity (Wildman–Crippen MR) is 103 cm³/mol. The Morgan fingerprint density at radius 3 is 2.48 bits per heavy atom. The Kier molecular flexibility index (Phi) is 8.06. The molecule has 0 atom stereocenters. The van der Waals surface area contributed by atoms with Crippen molar-refractivity contribution < 1.29 is 9.47 Å². The van der Waals surface area contributed by atoms with E-state index in [-0.39, 0.29) is 0 Å². The molecular formula is C20H33N3O2. The van der Waals surface area contributed by atoms with Crippen LogP contribution in [-0.4, -0.2) is 46.9 Å². The lowest BCUT2D eigenvalue weighted by Gasteiger charge is -2.42. The number of aliphatic imine (C=N–C) groups is 1. The van der Waals surface area contributed by atoms with E-state index in [0.717, 1.165) is 50.7 Å². The summed E-state index contributed by atoms with van der Waals surface area (Å²) in [5.41, 5.74) is 1.73. The highest BCUT2D eigenvalue weighted by molar-refractivity contribution is 5.79. The van der Waals surface area contributed by atoms with Gasteiger partial charge in [0.1, 0.15) is 5.75 Å². The van der Waals surface area contributed by atoms with Gasteiger partial charge < -0.3 is 20.1 Å². The number of hydrogen-bond donors (Lipinski definition) is 2. The van der Waals surface area contributed by atoms with Gasteiger partial charge in [0.25, 0.3) is 0 Å². The van der Waals surface area contributed by atoms with E-state index in [2.05, 4.69) is 27.8 Å². The van der Waals surface area contributed by atoms with E-state index in [1.807, 2.05) is 19.2 Å². The molecule has 1 aromatic carbocycles. The van der Waals surface area contributed by atoms with Gasteiger partial charge >= 0.3 is 0 Å². The van der Waals surface area contributed by atoms with Gasteiger partial charge in [-0.25, -0.2) is 0 Å². The highest BCUT2D eigenvalue weighted by Crippen LogP contribution is 2.43. The molecule has 0 aliphatic heterocycles. The first-order valence-corrected chi connectivity index (χ1v) is 9.28. The largest absolute Gasteiger partial charge is 0.497 e. The molecule has 1 aliphatic carbocycles. The lowest BCUT2D eigenvalue weighted by Crippen LogP contribution is -2.47. The smallest absolute Gasteiger partial charge is 0.190 e. The molecule has 0 aromatic heterocycles. The van der Waals surface area contributed by atoms with Crippen LogP contribution in [0.15, 0.2) is 29.3 Å². The molecule has 0 radical (unpaired) electrons. The summed E-state index contributed by atoms with van der Waals surface area (Å²) >= 11 is 0. The fourth-order valence-electron chi connectivity index (χ4n) is 3.29. The summed E-state index contributed by atoms with van der Waals surface area (Å²) in [5.74, 6) is 1.81. The van der Waals surface area contributed by atoms with Gasteiger partial charge in [-0.2, -0.15) is 0 Å². The van der Waals surface area contributed by atoms with Crippen LogP contribution in [0, 0.1) is 5.41 Å². The summed E-state index contributed by atoms with van der Waals surface area (Å²) < 4.78 is 10.5. The third-order valence-electron chi connectivity index (χ3n) is 5.20. The maximum Gasteiger partial charge on any atom is 0.190 e. The summed E-state index contributed by atoms with van der Waals surface area (Å²) in [4.78, 5) is 4.34. The van der Waals surface area contributed by atoms with Crippen molar-refractivity contribution in [2.45, 2.75) is 38.5 Å². The number of rotatable bonds is 10. The number of methoxy groups -OCH3 is 2. The second-order valence-corrected chi connectivity index (χ2v) is 6.90. The SMILES string of the molecule is CN=C(NCCCc1ccc(OC)cc1)NCC1(CCOC)CCC1. The van der Waals surface area contributed by atoms with Crippen LogP contribution in [-0.2, 0) is 11.2 Å². The maximum atomic E-state index is 5.26. The quantitative estimate of drug-likeness (QED) is 0.388. The van der Waals surface area contributed by atoms with Crippen LogP contribution in [0.4, 0.5) is 0 Å². The van der Waals surface area contributed by atoms with Gasteiger partial charge in [-0.3, -0.25) is 4.99 Å². The zero-order chi connectivity index (χ0) is 18.0. The number of ether oxygens (including phenoxy) is 2. The normalized spacial score (nSPS) is 16.2. The van der Waals surface area contributed by atoms with Gasteiger partial charge in [0, 0.05) is 33.9 Å². The first-order chi connectivity index (χ1) is 12.2. The van der Waals surface area contributed by atoms with Crippen LogP contribution < -0.4 is 15.4 Å². The molecular weight excluding hydrogens is 314 g/mol. The van der Waals surface area contributed by atoms with Crippen molar-refractivity contribution in [3.05, 3.63) is 29.8 Å². The lowest BCUT2D eigenvalue weighted by atomic mass is 9.67. The second kappa shape index (κ2) is 10.3. The van der Waals surface area contributed by atoms with Crippen LogP contribution in [0.25, 0.3) is 0 Å². The zero-order valence-corrected chi connectivity index (χ0v) is 15.9. The van der Waals surface area contributed by atoms with E-state index in [1.165, 1.54) is 24.8 Å².